The number of benzene rings is 1. The van der Waals surface area contributed by atoms with Crippen molar-refractivity contribution in [3.05, 3.63) is 35.7 Å². The summed E-state index contributed by atoms with van der Waals surface area (Å²) in [5.41, 5.74) is 0.271. The van der Waals surface area contributed by atoms with E-state index >= 15 is 0 Å². The molecule has 0 saturated heterocycles. The maximum Gasteiger partial charge on any atom is 0.328 e. The van der Waals surface area contributed by atoms with E-state index in [9.17, 15) is 14.0 Å². The van der Waals surface area contributed by atoms with Gasteiger partial charge >= 0.3 is 5.97 Å². The van der Waals surface area contributed by atoms with E-state index in [1.165, 1.54) is 18.2 Å². The number of hydrogen-bond donors (Lipinski definition) is 2. The summed E-state index contributed by atoms with van der Waals surface area (Å²) in [5, 5.41) is 11.3. The van der Waals surface area contributed by atoms with E-state index in [-0.39, 0.29) is 23.8 Å². The van der Waals surface area contributed by atoms with E-state index in [0.717, 1.165) is 25.0 Å². The Bertz CT molecular complexity index is 567. The molecule has 1 aromatic carbocycles. The highest BCUT2D eigenvalue weighted by Crippen LogP contribution is 2.27. The first-order valence-electron chi connectivity index (χ1n) is 6.64. The number of nitrogens with one attached hydrogen (secondary N) is 1. The summed E-state index contributed by atoms with van der Waals surface area (Å²) in [6.07, 6.45) is 4.39. The highest BCUT2D eigenvalue weighted by molar-refractivity contribution is 5.86. The molecule has 0 radical (unpaired) electrons. The minimum Gasteiger partial charge on any atom is -0.483 e. The summed E-state index contributed by atoms with van der Waals surface area (Å²) < 4.78 is 18.5. The molecule has 1 saturated carbocycles. The molecule has 21 heavy (non-hydrogen) atoms. The van der Waals surface area contributed by atoms with Gasteiger partial charge in [0.2, 0.25) is 0 Å². The Morgan fingerprint density at radius 3 is 2.86 bits per heavy atom. The minimum atomic E-state index is -1.15. The number of halogens is 1. The van der Waals surface area contributed by atoms with E-state index in [1.54, 1.807) is 0 Å². The second-order valence-corrected chi connectivity index (χ2v) is 4.89. The molecule has 2 rings (SSSR count). The van der Waals surface area contributed by atoms with Crippen molar-refractivity contribution in [1.29, 1.82) is 0 Å². The van der Waals surface area contributed by atoms with Crippen molar-refractivity contribution in [3.8, 4) is 5.75 Å². The van der Waals surface area contributed by atoms with Crippen LogP contribution in [0.15, 0.2) is 24.3 Å². The number of carbonyl (C=O) groups is 2. The largest absolute Gasteiger partial charge is 0.483 e. The molecular weight excluding hydrogens is 277 g/mol. The predicted octanol–water partition coefficient (Wildman–Crippen LogP) is 1.83. The number of carbonyl (C=O) groups excluding carboxylic acids is 1. The molecular formula is C15H16FNO4. The Balaban J connectivity index is 1.94. The SMILES string of the molecule is O=C(O)/C=C/c1cc(F)ccc1OCC(=O)NCC1CC1. The molecule has 2 N–H and O–H groups in total. The van der Waals surface area contributed by atoms with Gasteiger partial charge in [-0.25, -0.2) is 9.18 Å². The van der Waals surface area contributed by atoms with Crippen LogP contribution in [-0.2, 0) is 9.59 Å². The molecule has 0 atom stereocenters. The average molecular weight is 293 g/mol. The number of ether oxygens (including phenoxy) is 1. The number of carboxylic acids is 1. The van der Waals surface area contributed by atoms with Crippen LogP contribution in [0.4, 0.5) is 4.39 Å². The van der Waals surface area contributed by atoms with Gasteiger partial charge in [-0.1, -0.05) is 0 Å². The molecule has 1 aliphatic rings. The van der Waals surface area contributed by atoms with Gasteiger partial charge in [-0.05, 0) is 43.0 Å². The first kappa shape index (κ1) is 15.0. The van der Waals surface area contributed by atoms with Gasteiger partial charge in [0, 0.05) is 18.2 Å². The third kappa shape index (κ3) is 5.25. The smallest absolute Gasteiger partial charge is 0.328 e. The quantitative estimate of drug-likeness (QED) is 0.752. The molecule has 0 heterocycles. The van der Waals surface area contributed by atoms with E-state index in [0.29, 0.717) is 12.5 Å². The molecule has 6 heteroatoms. The average Bonchev–Trinajstić information content (AvgIpc) is 3.26. The zero-order chi connectivity index (χ0) is 15.2. The molecule has 0 aromatic heterocycles. The lowest BCUT2D eigenvalue weighted by atomic mass is 10.2. The fraction of sp³-hybridized carbons (Fsp3) is 0.333. The Morgan fingerprint density at radius 1 is 1.43 bits per heavy atom. The first-order valence-corrected chi connectivity index (χ1v) is 6.64. The van der Waals surface area contributed by atoms with E-state index in [1.807, 2.05) is 0 Å². The number of aliphatic carboxylic acids is 1. The van der Waals surface area contributed by atoms with Crippen LogP contribution in [0.2, 0.25) is 0 Å². The molecule has 1 aliphatic carbocycles. The fourth-order valence-electron chi connectivity index (χ4n) is 1.72. The van der Waals surface area contributed by atoms with Crippen LogP contribution in [0.25, 0.3) is 6.08 Å². The molecule has 5 nitrogen and oxygen atoms in total. The Morgan fingerprint density at radius 2 is 2.19 bits per heavy atom. The lowest BCUT2D eigenvalue weighted by Crippen LogP contribution is -2.30. The van der Waals surface area contributed by atoms with Gasteiger partial charge in [0.1, 0.15) is 11.6 Å². The third-order valence-corrected chi connectivity index (χ3v) is 3.02. The number of carboxylic acid groups (broad SMARTS) is 1. The summed E-state index contributed by atoms with van der Waals surface area (Å²) in [6.45, 7) is 0.462. The van der Waals surface area contributed by atoms with Gasteiger partial charge in [0.25, 0.3) is 5.91 Å². The van der Waals surface area contributed by atoms with Gasteiger partial charge in [0.15, 0.2) is 6.61 Å². The number of hydrogen-bond acceptors (Lipinski definition) is 3. The van der Waals surface area contributed by atoms with Gasteiger partial charge in [-0.3, -0.25) is 4.79 Å². The normalized spacial score (nSPS) is 14.1. The van der Waals surface area contributed by atoms with Gasteiger partial charge in [-0.15, -0.1) is 0 Å². The number of amides is 1. The van der Waals surface area contributed by atoms with Crippen LogP contribution < -0.4 is 10.1 Å². The topological polar surface area (TPSA) is 75.6 Å². The summed E-state index contributed by atoms with van der Waals surface area (Å²) in [6, 6.07) is 3.71. The van der Waals surface area contributed by atoms with Crippen LogP contribution in [-0.4, -0.2) is 30.1 Å². The van der Waals surface area contributed by atoms with Crippen LogP contribution in [0, 0.1) is 11.7 Å². The highest BCUT2D eigenvalue weighted by Gasteiger charge is 2.21. The van der Waals surface area contributed by atoms with Crippen molar-refractivity contribution in [1.82, 2.24) is 5.32 Å². The Kier molecular flexibility index (Phi) is 4.92. The van der Waals surface area contributed by atoms with Crippen molar-refractivity contribution >= 4 is 18.0 Å². The van der Waals surface area contributed by atoms with Crippen molar-refractivity contribution in [3.63, 3.8) is 0 Å². The summed E-state index contributed by atoms with van der Waals surface area (Å²) in [4.78, 5) is 22.1. The van der Waals surface area contributed by atoms with E-state index in [4.69, 9.17) is 9.84 Å². The fourth-order valence-corrected chi connectivity index (χ4v) is 1.72. The Hall–Kier alpha value is -2.37. The van der Waals surface area contributed by atoms with Crippen molar-refractivity contribution in [2.24, 2.45) is 5.92 Å². The van der Waals surface area contributed by atoms with Gasteiger partial charge in [-0.2, -0.15) is 0 Å². The first-order chi connectivity index (χ1) is 10.0. The van der Waals surface area contributed by atoms with Crippen molar-refractivity contribution in [2.45, 2.75) is 12.8 Å². The molecule has 0 unspecified atom stereocenters. The molecule has 0 spiro atoms. The monoisotopic (exact) mass is 293 g/mol. The van der Waals surface area contributed by atoms with Crippen LogP contribution >= 0.6 is 0 Å². The molecule has 1 aromatic rings. The third-order valence-electron chi connectivity index (χ3n) is 3.02. The molecule has 1 fully saturated rings. The van der Waals surface area contributed by atoms with Crippen LogP contribution in [0.5, 0.6) is 5.75 Å². The lowest BCUT2D eigenvalue weighted by Gasteiger charge is -2.09. The van der Waals surface area contributed by atoms with Crippen LogP contribution in [0.3, 0.4) is 0 Å². The standard InChI is InChI=1S/C15H16FNO4/c16-12-4-5-13(11(7-12)3-6-15(19)20)21-9-14(18)17-8-10-1-2-10/h3-7,10H,1-2,8-9H2,(H,17,18)(H,19,20)/b6-3+. The summed E-state index contributed by atoms with van der Waals surface area (Å²) in [5.74, 6) is -1.07. The van der Waals surface area contributed by atoms with E-state index < -0.39 is 11.8 Å². The molecule has 1 amide bonds. The lowest BCUT2D eigenvalue weighted by molar-refractivity contribution is -0.131. The van der Waals surface area contributed by atoms with Crippen LogP contribution in [0.1, 0.15) is 18.4 Å². The summed E-state index contributed by atoms with van der Waals surface area (Å²) in [7, 11) is 0. The predicted molar refractivity (Wildman–Crippen MR) is 74.3 cm³/mol. The summed E-state index contributed by atoms with van der Waals surface area (Å²) >= 11 is 0. The van der Waals surface area contributed by atoms with Gasteiger partial charge < -0.3 is 15.2 Å². The zero-order valence-electron chi connectivity index (χ0n) is 11.3. The maximum atomic E-state index is 13.2. The molecule has 0 bridgehead atoms. The Labute approximate surface area is 121 Å². The molecule has 112 valence electrons. The minimum absolute atomic E-state index is 0.188. The van der Waals surface area contributed by atoms with E-state index in [2.05, 4.69) is 5.32 Å². The zero-order valence-corrected chi connectivity index (χ0v) is 11.3. The second-order valence-electron chi connectivity index (χ2n) is 4.89. The molecule has 0 aliphatic heterocycles. The van der Waals surface area contributed by atoms with Crippen molar-refractivity contribution in [2.75, 3.05) is 13.2 Å². The van der Waals surface area contributed by atoms with Crippen molar-refractivity contribution < 1.29 is 23.8 Å². The highest BCUT2D eigenvalue weighted by atomic mass is 19.1. The number of rotatable bonds is 7. The second kappa shape index (κ2) is 6.88. The van der Waals surface area contributed by atoms with Gasteiger partial charge in [0.05, 0.1) is 0 Å². The maximum absolute atomic E-state index is 13.2.